The standard InChI is InChI=1S/C11H10F2N2/c12-10(13)7-14-11-6-5-8-3-1-2-4-9(8)15-11/h1-6,10H,7H2,(H,14,15). The molecule has 0 saturated carbocycles. The maximum atomic E-state index is 11.9. The van der Waals surface area contributed by atoms with Gasteiger partial charge in [-0.15, -0.1) is 0 Å². The molecule has 1 aromatic heterocycles. The molecule has 4 heteroatoms. The third kappa shape index (κ3) is 2.40. The molecular weight excluding hydrogens is 198 g/mol. The third-order valence-corrected chi connectivity index (χ3v) is 2.04. The first-order valence-corrected chi connectivity index (χ1v) is 4.63. The average molecular weight is 208 g/mol. The maximum Gasteiger partial charge on any atom is 0.255 e. The molecule has 0 aliphatic carbocycles. The van der Waals surface area contributed by atoms with E-state index >= 15 is 0 Å². The zero-order valence-electron chi connectivity index (χ0n) is 7.95. The summed E-state index contributed by atoms with van der Waals surface area (Å²) in [5, 5.41) is 3.58. The molecule has 1 heterocycles. The number of pyridine rings is 1. The zero-order chi connectivity index (χ0) is 10.7. The highest BCUT2D eigenvalue weighted by Gasteiger charge is 2.02. The van der Waals surface area contributed by atoms with E-state index < -0.39 is 6.43 Å². The predicted molar refractivity (Wildman–Crippen MR) is 56.2 cm³/mol. The molecule has 1 aromatic carbocycles. The van der Waals surface area contributed by atoms with Gasteiger partial charge in [0.25, 0.3) is 6.43 Å². The van der Waals surface area contributed by atoms with E-state index in [2.05, 4.69) is 10.3 Å². The second-order valence-electron chi connectivity index (χ2n) is 3.16. The first kappa shape index (κ1) is 9.83. The number of fused-ring (bicyclic) bond motifs is 1. The highest BCUT2D eigenvalue weighted by Crippen LogP contribution is 2.14. The van der Waals surface area contributed by atoms with E-state index in [9.17, 15) is 8.78 Å². The van der Waals surface area contributed by atoms with Crippen LogP contribution in [-0.2, 0) is 0 Å². The Morgan fingerprint density at radius 1 is 1.13 bits per heavy atom. The summed E-state index contributed by atoms with van der Waals surface area (Å²) >= 11 is 0. The Hall–Kier alpha value is -1.71. The van der Waals surface area contributed by atoms with E-state index in [0.717, 1.165) is 10.9 Å². The van der Waals surface area contributed by atoms with Gasteiger partial charge in [-0.3, -0.25) is 0 Å². The predicted octanol–water partition coefficient (Wildman–Crippen LogP) is 2.91. The fourth-order valence-corrected chi connectivity index (χ4v) is 1.35. The number of rotatable bonds is 3. The number of aromatic nitrogens is 1. The fraction of sp³-hybridized carbons (Fsp3) is 0.182. The fourth-order valence-electron chi connectivity index (χ4n) is 1.35. The van der Waals surface area contributed by atoms with Crippen molar-refractivity contribution in [2.45, 2.75) is 6.43 Å². The molecule has 78 valence electrons. The van der Waals surface area contributed by atoms with Gasteiger partial charge in [0, 0.05) is 5.39 Å². The van der Waals surface area contributed by atoms with Crippen LogP contribution in [0.15, 0.2) is 36.4 Å². The molecule has 0 bridgehead atoms. The van der Waals surface area contributed by atoms with Gasteiger partial charge in [-0.1, -0.05) is 18.2 Å². The number of anilines is 1. The first-order chi connectivity index (χ1) is 7.25. The summed E-state index contributed by atoms with van der Waals surface area (Å²) in [5.41, 5.74) is 0.803. The molecule has 2 rings (SSSR count). The summed E-state index contributed by atoms with van der Waals surface area (Å²) in [6.07, 6.45) is -2.36. The van der Waals surface area contributed by atoms with Crippen LogP contribution < -0.4 is 5.32 Å². The van der Waals surface area contributed by atoms with Crippen LogP contribution in [0.2, 0.25) is 0 Å². The normalized spacial score (nSPS) is 10.9. The van der Waals surface area contributed by atoms with Gasteiger partial charge in [0.2, 0.25) is 0 Å². The van der Waals surface area contributed by atoms with Crippen LogP contribution in [0.3, 0.4) is 0 Å². The third-order valence-electron chi connectivity index (χ3n) is 2.04. The van der Waals surface area contributed by atoms with Crippen molar-refractivity contribution in [1.29, 1.82) is 0 Å². The van der Waals surface area contributed by atoms with Crippen LogP contribution in [0.5, 0.6) is 0 Å². The summed E-state index contributed by atoms with van der Waals surface area (Å²) in [7, 11) is 0. The minimum absolute atomic E-state index is 0.370. The van der Waals surface area contributed by atoms with Crippen molar-refractivity contribution in [2.75, 3.05) is 11.9 Å². The smallest absolute Gasteiger partial charge is 0.255 e. The molecule has 0 atom stereocenters. The van der Waals surface area contributed by atoms with E-state index in [1.54, 1.807) is 6.07 Å². The molecule has 0 fully saturated rings. The van der Waals surface area contributed by atoms with Crippen molar-refractivity contribution < 1.29 is 8.78 Å². The quantitative estimate of drug-likeness (QED) is 0.838. The topological polar surface area (TPSA) is 24.9 Å². The lowest BCUT2D eigenvalue weighted by Gasteiger charge is -2.05. The number of halogens is 2. The second kappa shape index (κ2) is 4.21. The van der Waals surface area contributed by atoms with Gasteiger partial charge in [-0.05, 0) is 18.2 Å². The number of nitrogens with zero attached hydrogens (tertiary/aromatic N) is 1. The Morgan fingerprint density at radius 2 is 1.93 bits per heavy atom. The minimum atomic E-state index is -2.36. The molecule has 0 saturated heterocycles. The van der Waals surface area contributed by atoms with Crippen molar-refractivity contribution in [1.82, 2.24) is 4.98 Å². The Bertz CT molecular complexity index is 457. The zero-order valence-corrected chi connectivity index (χ0v) is 7.95. The Balaban J connectivity index is 2.23. The lowest BCUT2D eigenvalue weighted by molar-refractivity contribution is 0.163. The summed E-state index contributed by atoms with van der Waals surface area (Å²) < 4.78 is 23.9. The first-order valence-electron chi connectivity index (χ1n) is 4.63. The molecule has 0 aliphatic heterocycles. The molecular formula is C11H10F2N2. The van der Waals surface area contributed by atoms with E-state index in [-0.39, 0.29) is 6.54 Å². The summed E-state index contributed by atoms with van der Waals surface area (Å²) in [4.78, 5) is 4.20. The molecule has 0 amide bonds. The lowest BCUT2D eigenvalue weighted by Crippen LogP contribution is -2.11. The molecule has 2 nitrogen and oxygen atoms in total. The largest absolute Gasteiger partial charge is 0.364 e. The number of hydrogen-bond acceptors (Lipinski definition) is 2. The molecule has 0 aliphatic rings. The second-order valence-corrected chi connectivity index (χ2v) is 3.16. The maximum absolute atomic E-state index is 11.9. The van der Waals surface area contributed by atoms with E-state index in [4.69, 9.17) is 0 Å². The Morgan fingerprint density at radius 3 is 2.73 bits per heavy atom. The molecule has 15 heavy (non-hydrogen) atoms. The van der Waals surface area contributed by atoms with Gasteiger partial charge in [0.15, 0.2) is 0 Å². The van der Waals surface area contributed by atoms with Crippen LogP contribution in [0, 0.1) is 0 Å². The average Bonchev–Trinajstić information content (AvgIpc) is 2.26. The van der Waals surface area contributed by atoms with E-state index in [1.165, 1.54) is 0 Å². The van der Waals surface area contributed by atoms with Gasteiger partial charge >= 0.3 is 0 Å². The van der Waals surface area contributed by atoms with Gasteiger partial charge < -0.3 is 5.32 Å². The number of nitrogens with one attached hydrogen (secondary N) is 1. The number of alkyl halides is 2. The SMILES string of the molecule is FC(F)CNc1ccc2ccccc2n1. The van der Waals surface area contributed by atoms with Gasteiger partial charge in [0.05, 0.1) is 12.1 Å². The highest BCUT2D eigenvalue weighted by molar-refractivity contribution is 5.79. The highest BCUT2D eigenvalue weighted by atomic mass is 19.3. The summed E-state index contributed by atoms with van der Waals surface area (Å²) in [6.45, 7) is -0.370. The summed E-state index contributed by atoms with van der Waals surface area (Å²) in [5.74, 6) is 0.481. The monoisotopic (exact) mass is 208 g/mol. The van der Waals surface area contributed by atoms with Crippen LogP contribution >= 0.6 is 0 Å². The number of para-hydroxylation sites is 1. The van der Waals surface area contributed by atoms with E-state index in [1.807, 2.05) is 30.3 Å². The van der Waals surface area contributed by atoms with Crippen molar-refractivity contribution in [3.05, 3.63) is 36.4 Å². The van der Waals surface area contributed by atoms with Crippen LogP contribution in [-0.4, -0.2) is 18.0 Å². The lowest BCUT2D eigenvalue weighted by atomic mass is 10.2. The molecule has 0 unspecified atom stereocenters. The molecule has 2 aromatic rings. The van der Waals surface area contributed by atoms with Gasteiger partial charge in [0.1, 0.15) is 5.82 Å². The van der Waals surface area contributed by atoms with E-state index in [0.29, 0.717) is 5.82 Å². The number of benzene rings is 1. The minimum Gasteiger partial charge on any atom is -0.364 e. The van der Waals surface area contributed by atoms with Gasteiger partial charge in [-0.25, -0.2) is 13.8 Å². The molecule has 0 radical (unpaired) electrons. The summed E-state index contributed by atoms with van der Waals surface area (Å²) in [6, 6.07) is 11.1. The molecule has 1 N–H and O–H groups in total. The Labute approximate surface area is 85.9 Å². The van der Waals surface area contributed by atoms with Crippen LogP contribution in [0.25, 0.3) is 10.9 Å². The van der Waals surface area contributed by atoms with Crippen LogP contribution in [0.1, 0.15) is 0 Å². The van der Waals surface area contributed by atoms with Crippen molar-refractivity contribution in [3.8, 4) is 0 Å². The van der Waals surface area contributed by atoms with Crippen molar-refractivity contribution in [2.24, 2.45) is 0 Å². The van der Waals surface area contributed by atoms with Gasteiger partial charge in [-0.2, -0.15) is 0 Å². The van der Waals surface area contributed by atoms with Crippen molar-refractivity contribution in [3.63, 3.8) is 0 Å². The molecule has 0 spiro atoms. The number of hydrogen-bond donors (Lipinski definition) is 1. The van der Waals surface area contributed by atoms with Crippen molar-refractivity contribution >= 4 is 16.7 Å². The Kier molecular flexibility index (Phi) is 2.76. The van der Waals surface area contributed by atoms with Crippen LogP contribution in [0.4, 0.5) is 14.6 Å².